The average Bonchev–Trinajstić information content (AvgIpc) is 2.61. The van der Waals surface area contributed by atoms with Crippen molar-refractivity contribution in [2.45, 2.75) is 46.1 Å². The summed E-state index contributed by atoms with van der Waals surface area (Å²) in [5.41, 5.74) is 1.47. The summed E-state index contributed by atoms with van der Waals surface area (Å²) in [4.78, 5) is 0. The van der Waals surface area contributed by atoms with Crippen molar-refractivity contribution in [3.8, 4) is 0 Å². The molecule has 0 aliphatic carbocycles. The van der Waals surface area contributed by atoms with E-state index in [2.05, 4.69) is 42.7 Å². The van der Waals surface area contributed by atoms with E-state index in [0.29, 0.717) is 14.5 Å². The van der Waals surface area contributed by atoms with Crippen molar-refractivity contribution in [3.63, 3.8) is 0 Å². The van der Waals surface area contributed by atoms with Gasteiger partial charge in [0.15, 0.2) is 0 Å². The van der Waals surface area contributed by atoms with E-state index in [1.165, 1.54) is 37.7 Å². The van der Waals surface area contributed by atoms with E-state index in [1.807, 2.05) is 0 Å². The zero-order chi connectivity index (χ0) is 11.4. The molecule has 0 amide bonds. The molecular formula is C14H20INSe. The fourth-order valence-corrected chi connectivity index (χ4v) is 4.32. The Morgan fingerprint density at radius 3 is 2.65 bits per heavy atom. The van der Waals surface area contributed by atoms with Crippen molar-refractivity contribution in [3.05, 3.63) is 28.8 Å². The molecule has 2 aromatic rings. The molecule has 2 rings (SSSR count). The first-order valence-electron chi connectivity index (χ1n) is 6.21. The number of hydrogen-bond acceptors (Lipinski definition) is 0. The van der Waals surface area contributed by atoms with Crippen LogP contribution in [-0.2, 0) is 6.54 Å². The predicted molar refractivity (Wildman–Crippen MR) is 70.0 cm³/mol. The third-order valence-electron chi connectivity index (χ3n) is 3.03. The Morgan fingerprint density at radius 1 is 1.12 bits per heavy atom. The van der Waals surface area contributed by atoms with Crippen molar-refractivity contribution < 1.29 is 28.5 Å². The van der Waals surface area contributed by atoms with Gasteiger partial charge in [0.1, 0.15) is 0 Å². The van der Waals surface area contributed by atoms with Crippen LogP contribution in [0.3, 0.4) is 0 Å². The zero-order valence-electron chi connectivity index (χ0n) is 10.6. The first-order chi connectivity index (χ1) is 7.83. The fraction of sp³-hybridized carbons (Fsp3) is 0.500. The van der Waals surface area contributed by atoms with Crippen LogP contribution >= 0.6 is 0 Å². The SMILES string of the molecule is CCCCCC[n+]1c(C)[se]c2ccccc21.[I-]. The van der Waals surface area contributed by atoms with Crippen molar-refractivity contribution in [1.82, 2.24) is 0 Å². The Balaban J connectivity index is 0.00000144. The maximum atomic E-state index is 2.53. The van der Waals surface area contributed by atoms with Crippen LogP contribution in [0.25, 0.3) is 9.78 Å². The van der Waals surface area contributed by atoms with Crippen LogP contribution in [0.1, 0.15) is 37.2 Å². The third-order valence-corrected chi connectivity index (χ3v) is 5.30. The minimum atomic E-state index is 0. The molecule has 0 N–H and O–H groups in total. The molecule has 17 heavy (non-hydrogen) atoms. The van der Waals surface area contributed by atoms with Crippen molar-refractivity contribution in [2.75, 3.05) is 0 Å². The standard InChI is InChI=1S/C14H20NSe.HI/c1-3-4-5-8-11-15-12(2)16-14-10-7-6-9-13(14)15;/h6-7,9-10H,3-5,8,11H2,1-2H3;1H/q+1;/p-1. The molecule has 0 saturated heterocycles. The van der Waals surface area contributed by atoms with Crippen molar-refractivity contribution in [1.29, 1.82) is 0 Å². The number of aryl methyl sites for hydroxylation is 2. The molecule has 1 nitrogen and oxygen atoms in total. The fourth-order valence-electron chi connectivity index (χ4n) is 2.12. The van der Waals surface area contributed by atoms with E-state index in [4.69, 9.17) is 0 Å². The summed E-state index contributed by atoms with van der Waals surface area (Å²) in [6, 6.07) is 8.87. The number of halogens is 1. The summed E-state index contributed by atoms with van der Waals surface area (Å²) < 4.78 is 5.67. The molecule has 0 fully saturated rings. The van der Waals surface area contributed by atoms with Gasteiger partial charge in [0.25, 0.3) is 0 Å². The van der Waals surface area contributed by atoms with Gasteiger partial charge in [-0.05, 0) is 0 Å². The number of unbranched alkanes of at least 4 members (excludes halogenated alkanes) is 3. The summed E-state index contributed by atoms with van der Waals surface area (Å²) in [6.45, 7) is 5.77. The molecule has 1 heterocycles. The monoisotopic (exact) mass is 409 g/mol. The second-order valence-electron chi connectivity index (χ2n) is 4.30. The minimum Gasteiger partial charge on any atom is -1.00 e. The van der Waals surface area contributed by atoms with E-state index < -0.39 is 0 Å². The molecule has 0 spiro atoms. The van der Waals surface area contributed by atoms with Crippen LogP contribution in [0.5, 0.6) is 0 Å². The molecule has 94 valence electrons. The van der Waals surface area contributed by atoms with E-state index in [0.717, 1.165) is 0 Å². The van der Waals surface area contributed by atoms with Crippen LogP contribution in [-0.4, -0.2) is 14.5 Å². The van der Waals surface area contributed by atoms with Gasteiger partial charge in [-0.1, -0.05) is 0 Å². The molecule has 1 aromatic heterocycles. The van der Waals surface area contributed by atoms with E-state index in [9.17, 15) is 0 Å². The molecule has 1 aromatic carbocycles. The van der Waals surface area contributed by atoms with Gasteiger partial charge in [-0.15, -0.1) is 0 Å². The summed E-state index contributed by atoms with van der Waals surface area (Å²) in [5.74, 6) is 0. The van der Waals surface area contributed by atoms with Crippen LogP contribution in [0.4, 0.5) is 0 Å². The Morgan fingerprint density at radius 2 is 1.88 bits per heavy atom. The van der Waals surface area contributed by atoms with Crippen LogP contribution < -0.4 is 28.5 Å². The van der Waals surface area contributed by atoms with E-state index in [1.54, 1.807) is 8.83 Å². The third kappa shape index (κ3) is 3.80. The molecule has 0 aliphatic rings. The summed E-state index contributed by atoms with van der Waals surface area (Å²) in [5, 5.41) is 0. The van der Waals surface area contributed by atoms with Gasteiger partial charge in [-0.3, -0.25) is 0 Å². The van der Waals surface area contributed by atoms with Gasteiger partial charge < -0.3 is 24.0 Å². The Hall–Kier alpha value is 0.139. The number of para-hydroxylation sites is 1. The maximum absolute atomic E-state index is 2.53. The molecule has 0 aliphatic heterocycles. The molecular weight excluding hydrogens is 388 g/mol. The van der Waals surface area contributed by atoms with Crippen LogP contribution in [0.2, 0.25) is 0 Å². The number of hydrogen-bond donors (Lipinski definition) is 0. The summed E-state index contributed by atoms with van der Waals surface area (Å²) in [7, 11) is 0. The Bertz CT molecular complexity index is 464. The Labute approximate surface area is 127 Å². The normalized spacial score (nSPS) is 10.5. The number of rotatable bonds is 5. The summed E-state index contributed by atoms with van der Waals surface area (Å²) in [6.07, 6.45) is 5.40. The molecule has 0 atom stereocenters. The van der Waals surface area contributed by atoms with Gasteiger partial charge in [0.2, 0.25) is 0 Å². The van der Waals surface area contributed by atoms with Crippen molar-refractivity contribution in [2.24, 2.45) is 0 Å². The van der Waals surface area contributed by atoms with Gasteiger partial charge in [-0.2, -0.15) is 0 Å². The molecule has 0 bridgehead atoms. The molecule has 0 radical (unpaired) electrons. The van der Waals surface area contributed by atoms with E-state index >= 15 is 0 Å². The van der Waals surface area contributed by atoms with E-state index in [-0.39, 0.29) is 24.0 Å². The minimum absolute atomic E-state index is 0. The van der Waals surface area contributed by atoms with Crippen LogP contribution in [0, 0.1) is 6.92 Å². The largest absolute Gasteiger partial charge is 1.00 e. The average molecular weight is 408 g/mol. The molecule has 3 heteroatoms. The number of aromatic nitrogens is 1. The Kier molecular flexibility index (Phi) is 6.75. The topological polar surface area (TPSA) is 3.88 Å². The molecule has 0 unspecified atom stereocenters. The van der Waals surface area contributed by atoms with Crippen molar-refractivity contribution >= 4 is 24.3 Å². The maximum Gasteiger partial charge on any atom is -1.00 e. The van der Waals surface area contributed by atoms with Crippen LogP contribution in [0.15, 0.2) is 24.3 Å². The number of fused-ring (bicyclic) bond motifs is 1. The first kappa shape index (κ1) is 15.2. The number of benzene rings is 1. The number of nitrogens with zero attached hydrogens (tertiary/aromatic N) is 1. The van der Waals surface area contributed by atoms with Gasteiger partial charge in [0.05, 0.1) is 0 Å². The van der Waals surface area contributed by atoms with Gasteiger partial charge >= 0.3 is 104 Å². The van der Waals surface area contributed by atoms with Gasteiger partial charge in [-0.25, -0.2) is 0 Å². The molecule has 0 saturated carbocycles. The van der Waals surface area contributed by atoms with Gasteiger partial charge in [0, 0.05) is 0 Å². The summed E-state index contributed by atoms with van der Waals surface area (Å²) >= 11 is 0.571. The quantitative estimate of drug-likeness (QED) is 0.286. The smallest absolute Gasteiger partial charge is 1.00 e. The second-order valence-corrected chi connectivity index (χ2v) is 6.89. The zero-order valence-corrected chi connectivity index (χ0v) is 14.4. The first-order valence-corrected chi connectivity index (χ1v) is 7.92. The predicted octanol–water partition coefficient (Wildman–Crippen LogP) is 0.0770. The second kappa shape index (κ2) is 7.55.